The maximum Gasteiger partial charge on any atom is 0.101 e. The summed E-state index contributed by atoms with van der Waals surface area (Å²) >= 11 is 0. The maximum absolute atomic E-state index is 9.65. The van der Waals surface area contributed by atoms with Crippen LogP contribution in [0.15, 0.2) is 11.6 Å². The molecule has 0 saturated heterocycles. The molecule has 0 heterocycles. The first kappa shape index (κ1) is 9.75. The summed E-state index contributed by atoms with van der Waals surface area (Å²) in [5, 5.41) is 19.2. The Labute approximate surface area is 73.9 Å². The summed E-state index contributed by atoms with van der Waals surface area (Å²) in [7, 11) is 0. The minimum absolute atomic E-state index is 0.482. The molecule has 0 radical (unpaired) electrons. The van der Waals surface area contributed by atoms with Crippen LogP contribution in [0.1, 0.15) is 33.6 Å². The molecule has 0 fully saturated rings. The molecule has 2 nitrogen and oxygen atoms in total. The number of aliphatic hydroxyl groups is 2. The van der Waals surface area contributed by atoms with Crippen LogP contribution in [0.4, 0.5) is 0 Å². The monoisotopic (exact) mass is 170 g/mol. The first-order chi connectivity index (χ1) is 5.43. The summed E-state index contributed by atoms with van der Waals surface area (Å²) in [4.78, 5) is 0. The third-order valence-electron chi connectivity index (χ3n) is 2.67. The van der Waals surface area contributed by atoms with Gasteiger partial charge < -0.3 is 10.2 Å². The molecule has 1 aliphatic carbocycles. The Bertz CT molecular complexity index is 192. The third kappa shape index (κ3) is 1.87. The van der Waals surface area contributed by atoms with Gasteiger partial charge in [-0.3, -0.25) is 0 Å². The molecule has 2 atom stereocenters. The van der Waals surface area contributed by atoms with Crippen LogP contribution in [0.2, 0.25) is 0 Å². The van der Waals surface area contributed by atoms with Gasteiger partial charge in [0.25, 0.3) is 0 Å². The number of allylic oxidation sites excluding steroid dienone is 1. The smallest absolute Gasteiger partial charge is 0.101 e. The number of aliphatic hydroxyl groups excluding tert-OH is 1. The highest BCUT2D eigenvalue weighted by Crippen LogP contribution is 2.30. The van der Waals surface area contributed by atoms with Gasteiger partial charge in [0.2, 0.25) is 0 Å². The lowest BCUT2D eigenvalue weighted by molar-refractivity contribution is -0.0494. The highest BCUT2D eigenvalue weighted by molar-refractivity contribution is 5.16. The van der Waals surface area contributed by atoms with E-state index in [0.717, 1.165) is 6.42 Å². The molecule has 0 spiro atoms. The molecule has 1 rings (SSSR count). The molecule has 0 amide bonds. The number of hydrogen-bond donors (Lipinski definition) is 2. The second-order valence-corrected chi connectivity index (χ2v) is 4.20. The van der Waals surface area contributed by atoms with Crippen molar-refractivity contribution in [2.45, 2.75) is 45.3 Å². The summed E-state index contributed by atoms with van der Waals surface area (Å²) in [5.41, 5.74) is 0.340. The van der Waals surface area contributed by atoms with E-state index in [0.29, 0.717) is 12.3 Å². The fourth-order valence-electron chi connectivity index (χ4n) is 1.49. The number of rotatable bonds is 1. The van der Waals surface area contributed by atoms with E-state index in [9.17, 15) is 10.2 Å². The molecule has 0 aromatic rings. The Balaban J connectivity index is 2.75. The summed E-state index contributed by atoms with van der Waals surface area (Å²) in [6, 6.07) is 0. The Morgan fingerprint density at radius 1 is 1.58 bits per heavy atom. The van der Waals surface area contributed by atoms with E-state index in [1.54, 1.807) is 13.0 Å². The van der Waals surface area contributed by atoms with Crippen molar-refractivity contribution in [1.29, 1.82) is 0 Å². The van der Waals surface area contributed by atoms with Crippen molar-refractivity contribution in [2.75, 3.05) is 0 Å². The van der Waals surface area contributed by atoms with Crippen molar-refractivity contribution < 1.29 is 10.2 Å². The topological polar surface area (TPSA) is 40.5 Å². The van der Waals surface area contributed by atoms with Crippen molar-refractivity contribution in [2.24, 2.45) is 5.92 Å². The molecule has 2 heteroatoms. The molecule has 70 valence electrons. The van der Waals surface area contributed by atoms with Crippen molar-refractivity contribution in [3.05, 3.63) is 11.6 Å². The van der Waals surface area contributed by atoms with Crippen LogP contribution in [-0.2, 0) is 0 Å². The van der Waals surface area contributed by atoms with Gasteiger partial charge in [-0.25, -0.2) is 0 Å². The van der Waals surface area contributed by atoms with Crippen LogP contribution in [0.25, 0.3) is 0 Å². The summed E-state index contributed by atoms with van der Waals surface area (Å²) in [6.07, 6.45) is 2.68. The molecule has 0 aromatic heterocycles. The Morgan fingerprint density at radius 3 is 2.58 bits per heavy atom. The average Bonchev–Trinajstić information content (AvgIpc) is 1.94. The fourth-order valence-corrected chi connectivity index (χ4v) is 1.49. The predicted molar refractivity (Wildman–Crippen MR) is 48.8 cm³/mol. The van der Waals surface area contributed by atoms with Crippen LogP contribution in [0.3, 0.4) is 0 Å². The summed E-state index contributed by atoms with van der Waals surface area (Å²) < 4.78 is 0. The fraction of sp³-hybridized carbons (Fsp3) is 0.800. The van der Waals surface area contributed by atoms with Gasteiger partial charge in [0, 0.05) is 0 Å². The molecule has 2 unspecified atom stereocenters. The lowest BCUT2D eigenvalue weighted by Gasteiger charge is -2.33. The molecule has 0 aromatic carbocycles. The van der Waals surface area contributed by atoms with Crippen LogP contribution in [0.5, 0.6) is 0 Å². The quantitative estimate of drug-likeness (QED) is 0.585. The standard InChI is InChI=1S/C10H18O2/c1-7(2)8-4-5-10(3,12)9(11)6-8/h6-7,9,11-12H,4-5H2,1-3H3. The van der Waals surface area contributed by atoms with Gasteiger partial charge >= 0.3 is 0 Å². The van der Waals surface area contributed by atoms with Crippen molar-refractivity contribution in [3.63, 3.8) is 0 Å². The largest absolute Gasteiger partial charge is 0.387 e. The molecular weight excluding hydrogens is 152 g/mol. The SMILES string of the molecule is CC(C)C1=CC(O)C(C)(O)CC1. The zero-order valence-electron chi connectivity index (χ0n) is 8.04. The van der Waals surface area contributed by atoms with Gasteiger partial charge in [-0.1, -0.05) is 25.5 Å². The molecule has 1 aliphatic rings. The molecule has 0 saturated carbocycles. The second-order valence-electron chi connectivity index (χ2n) is 4.20. The van der Waals surface area contributed by atoms with Gasteiger partial charge in [0.15, 0.2) is 0 Å². The summed E-state index contributed by atoms with van der Waals surface area (Å²) in [6.45, 7) is 5.91. The van der Waals surface area contributed by atoms with E-state index in [2.05, 4.69) is 13.8 Å². The maximum atomic E-state index is 9.65. The molecule has 2 N–H and O–H groups in total. The van der Waals surface area contributed by atoms with E-state index in [-0.39, 0.29) is 0 Å². The van der Waals surface area contributed by atoms with Crippen molar-refractivity contribution in [1.82, 2.24) is 0 Å². The zero-order valence-corrected chi connectivity index (χ0v) is 8.04. The predicted octanol–water partition coefficient (Wildman–Crippen LogP) is 1.47. The van der Waals surface area contributed by atoms with E-state index in [4.69, 9.17) is 0 Å². The Hall–Kier alpha value is -0.340. The highest BCUT2D eigenvalue weighted by Gasteiger charge is 2.32. The molecule has 12 heavy (non-hydrogen) atoms. The van der Waals surface area contributed by atoms with E-state index >= 15 is 0 Å². The van der Waals surface area contributed by atoms with Crippen molar-refractivity contribution >= 4 is 0 Å². The summed E-state index contributed by atoms with van der Waals surface area (Å²) in [5.74, 6) is 0.482. The van der Waals surface area contributed by atoms with Gasteiger partial charge in [0.05, 0.1) is 5.60 Å². The lowest BCUT2D eigenvalue weighted by Crippen LogP contribution is -2.40. The lowest BCUT2D eigenvalue weighted by atomic mass is 9.81. The van der Waals surface area contributed by atoms with Crippen molar-refractivity contribution in [3.8, 4) is 0 Å². The minimum Gasteiger partial charge on any atom is -0.387 e. The van der Waals surface area contributed by atoms with Gasteiger partial charge in [-0.15, -0.1) is 0 Å². The third-order valence-corrected chi connectivity index (χ3v) is 2.67. The van der Waals surface area contributed by atoms with Gasteiger partial charge in [-0.2, -0.15) is 0 Å². The van der Waals surface area contributed by atoms with Gasteiger partial charge in [0.1, 0.15) is 6.10 Å². The first-order valence-electron chi connectivity index (χ1n) is 4.54. The van der Waals surface area contributed by atoms with E-state index < -0.39 is 11.7 Å². The normalized spacial score (nSPS) is 36.8. The highest BCUT2D eigenvalue weighted by atomic mass is 16.3. The minimum atomic E-state index is -0.918. The average molecular weight is 170 g/mol. The molecule has 0 aliphatic heterocycles. The van der Waals surface area contributed by atoms with Crippen LogP contribution in [-0.4, -0.2) is 21.9 Å². The van der Waals surface area contributed by atoms with Gasteiger partial charge in [-0.05, 0) is 25.7 Å². The number of hydrogen-bond acceptors (Lipinski definition) is 2. The molecule has 0 bridgehead atoms. The second kappa shape index (κ2) is 3.19. The Morgan fingerprint density at radius 2 is 2.17 bits per heavy atom. The van der Waals surface area contributed by atoms with Crippen LogP contribution >= 0.6 is 0 Å². The Kier molecular flexibility index (Phi) is 2.59. The van der Waals surface area contributed by atoms with E-state index in [1.165, 1.54) is 5.57 Å². The van der Waals surface area contributed by atoms with Crippen LogP contribution < -0.4 is 0 Å². The first-order valence-corrected chi connectivity index (χ1v) is 4.54. The van der Waals surface area contributed by atoms with Crippen LogP contribution in [0, 0.1) is 5.92 Å². The molecular formula is C10H18O2. The van der Waals surface area contributed by atoms with E-state index in [1.807, 2.05) is 0 Å². The zero-order chi connectivity index (χ0) is 9.35.